The number of hydrogen-bond acceptors (Lipinski definition) is 3. The lowest BCUT2D eigenvalue weighted by Gasteiger charge is -2.31. The summed E-state index contributed by atoms with van der Waals surface area (Å²) in [4.78, 5) is 2.87. The van der Waals surface area contributed by atoms with Crippen LogP contribution in [0.3, 0.4) is 0 Å². The Hall–Kier alpha value is -0.190. The van der Waals surface area contributed by atoms with Gasteiger partial charge in [-0.25, -0.2) is 0 Å². The molecule has 1 saturated heterocycles. The fourth-order valence-electron chi connectivity index (χ4n) is 2.22. The molecule has 0 saturated carbocycles. The highest BCUT2D eigenvalue weighted by Crippen LogP contribution is 2.16. The lowest BCUT2D eigenvalue weighted by Crippen LogP contribution is -2.44. The maximum atomic E-state index is 5.71. The van der Waals surface area contributed by atoms with Gasteiger partial charge in [-0.3, -0.25) is 4.90 Å². The van der Waals surface area contributed by atoms with Gasteiger partial charge in [-0.1, -0.05) is 19.1 Å². The maximum Gasteiger partial charge on any atom is 0.0901 e. The molecule has 15 heavy (non-hydrogen) atoms. The van der Waals surface area contributed by atoms with Crippen LogP contribution in [-0.4, -0.2) is 42.7 Å². The molecule has 0 amide bonds. The van der Waals surface area contributed by atoms with Gasteiger partial charge in [0.25, 0.3) is 0 Å². The van der Waals surface area contributed by atoms with E-state index >= 15 is 0 Å². The van der Waals surface area contributed by atoms with Crippen molar-refractivity contribution in [1.82, 2.24) is 4.90 Å². The Morgan fingerprint density at radius 3 is 2.87 bits per heavy atom. The van der Waals surface area contributed by atoms with Crippen LogP contribution in [-0.2, 0) is 4.74 Å². The minimum atomic E-state index is 0.238. The molecule has 88 valence electrons. The van der Waals surface area contributed by atoms with Gasteiger partial charge in [0.05, 0.1) is 17.6 Å². The van der Waals surface area contributed by atoms with Crippen LogP contribution in [0.4, 0.5) is 0 Å². The summed E-state index contributed by atoms with van der Waals surface area (Å²) in [7, 11) is 2.10. The summed E-state index contributed by atoms with van der Waals surface area (Å²) >= 11 is 5.06. The summed E-state index contributed by atoms with van der Waals surface area (Å²) < 4.78 is 5.47. The second-order valence-electron chi connectivity index (χ2n) is 4.35. The smallest absolute Gasteiger partial charge is 0.0901 e. The van der Waals surface area contributed by atoms with Crippen molar-refractivity contribution >= 4 is 17.2 Å². The second kappa shape index (κ2) is 6.40. The number of nitrogens with zero attached hydrogens (tertiary/aromatic N) is 1. The Balaban J connectivity index is 2.38. The molecule has 0 radical (unpaired) electrons. The molecule has 0 bridgehead atoms. The van der Waals surface area contributed by atoms with Gasteiger partial charge < -0.3 is 10.5 Å². The molecule has 1 aliphatic rings. The molecule has 2 N–H and O–H groups in total. The third-order valence-electron chi connectivity index (χ3n) is 3.05. The van der Waals surface area contributed by atoms with Gasteiger partial charge in [0.2, 0.25) is 0 Å². The molecule has 0 aromatic rings. The van der Waals surface area contributed by atoms with Crippen molar-refractivity contribution in [2.45, 2.75) is 32.2 Å². The van der Waals surface area contributed by atoms with Crippen molar-refractivity contribution in [2.75, 3.05) is 26.8 Å². The Labute approximate surface area is 98.0 Å². The van der Waals surface area contributed by atoms with Crippen molar-refractivity contribution in [3.8, 4) is 0 Å². The molecular weight excluding hydrogens is 208 g/mol. The van der Waals surface area contributed by atoms with E-state index in [9.17, 15) is 0 Å². The summed E-state index contributed by atoms with van der Waals surface area (Å²) in [6, 6.07) is 0.238. The number of rotatable bonds is 5. The molecular formula is C11H22N2OS. The van der Waals surface area contributed by atoms with Crippen LogP contribution >= 0.6 is 12.2 Å². The van der Waals surface area contributed by atoms with E-state index in [1.807, 2.05) is 0 Å². The molecule has 0 aliphatic carbocycles. The number of thiocarbonyl (C=S) groups is 1. The Morgan fingerprint density at radius 1 is 1.67 bits per heavy atom. The van der Waals surface area contributed by atoms with Crippen molar-refractivity contribution in [3.05, 3.63) is 0 Å². The molecule has 4 heteroatoms. The topological polar surface area (TPSA) is 38.5 Å². The largest absolute Gasteiger partial charge is 0.392 e. The molecule has 0 aromatic carbocycles. The Bertz CT molecular complexity index is 205. The van der Waals surface area contributed by atoms with E-state index in [1.54, 1.807) is 0 Å². The molecule has 0 aromatic heterocycles. The van der Waals surface area contributed by atoms with Gasteiger partial charge in [-0.2, -0.15) is 0 Å². The van der Waals surface area contributed by atoms with Gasteiger partial charge in [-0.15, -0.1) is 0 Å². The summed E-state index contributed by atoms with van der Waals surface area (Å²) in [6.07, 6.45) is 3.43. The predicted molar refractivity (Wildman–Crippen MR) is 67.0 cm³/mol. The van der Waals surface area contributed by atoms with Crippen molar-refractivity contribution < 1.29 is 4.74 Å². The normalized spacial score (nSPS) is 24.1. The molecule has 1 heterocycles. The molecule has 1 aliphatic heterocycles. The van der Waals surface area contributed by atoms with Gasteiger partial charge in [-0.05, 0) is 32.2 Å². The molecule has 1 rings (SSSR count). The highest BCUT2D eigenvalue weighted by Gasteiger charge is 2.21. The van der Waals surface area contributed by atoms with Crippen LogP contribution in [0, 0.1) is 5.92 Å². The van der Waals surface area contributed by atoms with Gasteiger partial charge in [0, 0.05) is 13.2 Å². The molecule has 2 unspecified atom stereocenters. The standard InChI is InChI=1S/C11H22N2OS/c1-3-10(11(12)15)13(2)7-9-5-4-6-14-8-9/h9-10H,3-8H2,1-2H3,(H2,12,15). The van der Waals surface area contributed by atoms with Crippen LogP contribution in [0.1, 0.15) is 26.2 Å². The van der Waals surface area contributed by atoms with E-state index in [1.165, 1.54) is 12.8 Å². The number of ether oxygens (including phenoxy) is 1. The van der Waals surface area contributed by atoms with Crippen LogP contribution in [0.2, 0.25) is 0 Å². The maximum absolute atomic E-state index is 5.71. The quantitative estimate of drug-likeness (QED) is 0.725. The van der Waals surface area contributed by atoms with E-state index in [0.717, 1.165) is 26.2 Å². The van der Waals surface area contributed by atoms with E-state index in [-0.39, 0.29) is 6.04 Å². The number of nitrogens with two attached hydrogens (primary N) is 1. The van der Waals surface area contributed by atoms with Crippen LogP contribution in [0.25, 0.3) is 0 Å². The first-order valence-corrected chi connectivity index (χ1v) is 6.13. The molecule has 3 nitrogen and oxygen atoms in total. The molecule has 1 fully saturated rings. The lowest BCUT2D eigenvalue weighted by atomic mass is 10.0. The third kappa shape index (κ3) is 4.05. The second-order valence-corrected chi connectivity index (χ2v) is 4.82. The monoisotopic (exact) mass is 230 g/mol. The van der Waals surface area contributed by atoms with E-state index in [2.05, 4.69) is 18.9 Å². The first kappa shape index (κ1) is 12.9. The average Bonchev–Trinajstić information content (AvgIpc) is 2.19. The van der Waals surface area contributed by atoms with E-state index in [0.29, 0.717) is 10.9 Å². The molecule has 2 atom stereocenters. The summed E-state index contributed by atoms with van der Waals surface area (Å²) in [5, 5.41) is 0. The van der Waals surface area contributed by atoms with Crippen molar-refractivity contribution in [1.29, 1.82) is 0 Å². The molecule has 0 spiro atoms. The highest BCUT2D eigenvalue weighted by molar-refractivity contribution is 7.80. The summed E-state index contributed by atoms with van der Waals surface area (Å²) in [5.74, 6) is 0.646. The predicted octanol–water partition coefficient (Wildman–Crippen LogP) is 1.41. The zero-order chi connectivity index (χ0) is 11.3. The zero-order valence-corrected chi connectivity index (χ0v) is 10.6. The van der Waals surface area contributed by atoms with Gasteiger partial charge >= 0.3 is 0 Å². The summed E-state index contributed by atoms with van der Waals surface area (Å²) in [6.45, 7) is 4.97. The number of hydrogen-bond donors (Lipinski definition) is 1. The number of likely N-dealkylation sites (N-methyl/N-ethyl adjacent to an activating group) is 1. The van der Waals surface area contributed by atoms with Crippen LogP contribution in [0.15, 0.2) is 0 Å². The lowest BCUT2D eigenvalue weighted by molar-refractivity contribution is 0.0397. The zero-order valence-electron chi connectivity index (χ0n) is 9.74. The highest BCUT2D eigenvalue weighted by atomic mass is 32.1. The minimum absolute atomic E-state index is 0.238. The first-order chi connectivity index (χ1) is 7.15. The third-order valence-corrected chi connectivity index (χ3v) is 3.32. The van der Waals surface area contributed by atoms with Crippen molar-refractivity contribution in [2.24, 2.45) is 11.7 Å². The Kier molecular flexibility index (Phi) is 5.50. The Morgan fingerprint density at radius 2 is 2.40 bits per heavy atom. The van der Waals surface area contributed by atoms with Crippen LogP contribution < -0.4 is 5.73 Å². The van der Waals surface area contributed by atoms with Gasteiger partial charge in [0.1, 0.15) is 0 Å². The van der Waals surface area contributed by atoms with Crippen LogP contribution in [0.5, 0.6) is 0 Å². The average molecular weight is 230 g/mol. The minimum Gasteiger partial charge on any atom is -0.392 e. The fourth-order valence-corrected chi connectivity index (χ4v) is 2.56. The first-order valence-electron chi connectivity index (χ1n) is 5.72. The SMILES string of the molecule is CCC(C(N)=S)N(C)CC1CCCOC1. The fraction of sp³-hybridized carbons (Fsp3) is 0.909. The van der Waals surface area contributed by atoms with E-state index < -0.39 is 0 Å². The van der Waals surface area contributed by atoms with Gasteiger partial charge in [0.15, 0.2) is 0 Å². The summed E-state index contributed by atoms with van der Waals surface area (Å²) in [5.41, 5.74) is 5.71. The van der Waals surface area contributed by atoms with Crippen molar-refractivity contribution in [3.63, 3.8) is 0 Å². The van der Waals surface area contributed by atoms with E-state index in [4.69, 9.17) is 22.7 Å².